The fourth-order valence-electron chi connectivity index (χ4n) is 3.12. The third-order valence-electron chi connectivity index (χ3n) is 4.39. The van der Waals surface area contributed by atoms with Crippen molar-refractivity contribution in [2.45, 2.75) is 30.0 Å². The van der Waals surface area contributed by atoms with E-state index in [1.165, 1.54) is 15.6 Å². The van der Waals surface area contributed by atoms with E-state index in [0.29, 0.717) is 24.5 Å². The van der Waals surface area contributed by atoms with E-state index in [9.17, 15) is 13.2 Å². The molecule has 0 bridgehead atoms. The number of benzene rings is 1. The lowest BCUT2D eigenvalue weighted by Crippen LogP contribution is -2.42. The van der Waals surface area contributed by atoms with Gasteiger partial charge in [-0.3, -0.25) is 4.79 Å². The lowest BCUT2D eigenvalue weighted by molar-refractivity contribution is -0.119. The van der Waals surface area contributed by atoms with Crippen LogP contribution >= 0.6 is 38.6 Å². The Hall–Kier alpha value is -1.33. The molecule has 0 aliphatic carbocycles. The Kier molecular flexibility index (Phi) is 5.10. The predicted molar refractivity (Wildman–Crippen MR) is 112 cm³/mol. The lowest BCUT2D eigenvalue weighted by Gasteiger charge is -2.22. The van der Waals surface area contributed by atoms with E-state index in [0.717, 1.165) is 30.9 Å². The molecule has 3 heterocycles. The highest BCUT2D eigenvalue weighted by atomic mass is 79.9. The quantitative estimate of drug-likeness (QED) is 0.599. The van der Waals surface area contributed by atoms with Gasteiger partial charge in [-0.25, -0.2) is 13.4 Å². The number of carbonyl (C=O) groups is 1. The molecule has 1 saturated heterocycles. The Morgan fingerprint density at radius 1 is 1.30 bits per heavy atom. The number of aryl methyl sites for hydroxylation is 1. The van der Waals surface area contributed by atoms with Crippen LogP contribution in [0.1, 0.15) is 18.4 Å². The molecule has 1 N–H and O–H groups in total. The summed E-state index contributed by atoms with van der Waals surface area (Å²) in [5.74, 6) is -0.331. The number of thiazole rings is 1. The van der Waals surface area contributed by atoms with Crippen molar-refractivity contribution < 1.29 is 13.2 Å². The molecule has 3 aromatic rings. The molecule has 1 unspecified atom stereocenters. The number of hydrogen-bond acceptors (Lipinski definition) is 6. The number of rotatable bonds is 4. The molecule has 1 fully saturated rings. The van der Waals surface area contributed by atoms with Crippen molar-refractivity contribution in [3.05, 3.63) is 39.7 Å². The van der Waals surface area contributed by atoms with Gasteiger partial charge in [0.15, 0.2) is 5.13 Å². The maximum atomic E-state index is 12.9. The molecule has 0 radical (unpaired) electrons. The molecule has 6 nitrogen and oxygen atoms in total. The van der Waals surface area contributed by atoms with Crippen LogP contribution in [0.3, 0.4) is 0 Å². The number of hydrogen-bond donors (Lipinski definition) is 1. The monoisotopic (exact) mass is 485 g/mol. The number of fused-ring (bicyclic) bond motifs is 1. The van der Waals surface area contributed by atoms with Crippen molar-refractivity contribution in [1.82, 2.24) is 9.29 Å². The molecule has 4 rings (SSSR count). The van der Waals surface area contributed by atoms with E-state index in [4.69, 9.17) is 0 Å². The van der Waals surface area contributed by atoms with Gasteiger partial charge in [0, 0.05) is 6.54 Å². The number of nitrogens with one attached hydrogen (secondary N) is 1. The second kappa shape index (κ2) is 7.25. The molecular formula is C17H16BrN3O3S3. The molecule has 0 saturated carbocycles. The summed E-state index contributed by atoms with van der Waals surface area (Å²) in [5.41, 5.74) is 1.94. The Labute approximate surface area is 173 Å². The summed E-state index contributed by atoms with van der Waals surface area (Å²) in [5, 5.41) is 3.30. The minimum Gasteiger partial charge on any atom is -0.301 e. The van der Waals surface area contributed by atoms with Crippen LogP contribution in [0.25, 0.3) is 10.2 Å². The summed E-state index contributed by atoms with van der Waals surface area (Å²) < 4.78 is 29.1. The van der Waals surface area contributed by atoms with E-state index in [2.05, 4.69) is 26.2 Å². The average Bonchev–Trinajstić information content (AvgIpc) is 3.32. The summed E-state index contributed by atoms with van der Waals surface area (Å²) in [6, 6.07) is 8.45. The Morgan fingerprint density at radius 3 is 2.85 bits per heavy atom. The van der Waals surface area contributed by atoms with Crippen molar-refractivity contribution in [2.75, 3.05) is 11.9 Å². The van der Waals surface area contributed by atoms with Crippen molar-refractivity contribution in [3.8, 4) is 0 Å². The Balaban J connectivity index is 1.56. The van der Waals surface area contributed by atoms with Crippen molar-refractivity contribution in [2.24, 2.45) is 0 Å². The first-order chi connectivity index (χ1) is 12.8. The Morgan fingerprint density at radius 2 is 2.11 bits per heavy atom. The van der Waals surface area contributed by atoms with Crippen LogP contribution in [0.2, 0.25) is 0 Å². The molecule has 1 amide bonds. The molecule has 1 aromatic carbocycles. The molecule has 27 heavy (non-hydrogen) atoms. The number of anilines is 1. The molecule has 1 atom stereocenters. The van der Waals surface area contributed by atoms with E-state index < -0.39 is 16.1 Å². The first-order valence-corrected chi connectivity index (χ1v) is 12.2. The van der Waals surface area contributed by atoms with Gasteiger partial charge in [0.2, 0.25) is 5.91 Å². The van der Waals surface area contributed by atoms with Gasteiger partial charge in [0.05, 0.1) is 14.0 Å². The van der Waals surface area contributed by atoms with E-state index in [1.54, 1.807) is 12.1 Å². The number of halogens is 1. The molecule has 142 valence electrons. The van der Waals surface area contributed by atoms with E-state index in [-0.39, 0.29) is 10.1 Å². The molecule has 1 aliphatic heterocycles. The minimum atomic E-state index is -3.69. The zero-order chi connectivity index (χ0) is 19.2. The molecule has 0 spiro atoms. The van der Waals surface area contributed by atoms with Gasteiger partial charge in [0.1, 0.15) is 10.3 Å². The molecular weight excluding hydrogens is 470 g/mol. The van der Waals surface area contributed by atoms with Crippen LogP contribution in [0.5, 0.6) is 0 Å². The van der Waals surface area contributed by atoms with E-state index >= 15 is 0 Å². The van der Waals surface area contributed by atoms with Gasteiger partial charge in [-0.1, -0.05) is 17.4 Å². The highest BCUT2D eigenvalue weighted by molar-refractivity contribution is 9.11. The minimum absolute atomic E-state index is 0.240. The van der Waals surface area contributed by atoms with E-state index in [1.807, 2.05) is 25.1 Å². The fraction of sp³-hybridized carbons (Fsp3) is 0.294. The van der Waals surface area contributed by atoms with Gasteiger partial charge in [-0.2, -0.15) is 4.31 Å². The normalized spacial score (nSPS) is 18.2. The highest BCUT2D eigenvalue weighted by Crippen LogP contribution is 2.33. The zero-order valence-electron chi connectivity index (χ0n) is 14.3. The van der Waals surface area contributed by atoms with Crippen molar-refractivity contribution in [1.29, 1.82) is 0 Å². The zero-order valence-corrected chi connectivity index (χ0v) is 18.3. The number of amides is 1. The summed E-state index contributed by atoms with van der Waals surface area (Å²) in [7, 11) is -3.69. The summed E-state index contributed by atoms with van der Waals surface area (Å²) in [6.45, 7) is 2.34. The number of nitrogens with zero attached hydrogens (tertiary/aromatic N) is 2. The summed E-state index contributed by atoms with van der Waals surface area (Å²) >= 11 is 5.83. The van der Waals surface area contributed by atoms with Crippen LogP contribution in [0, 0.1) is 6.92 Å². The number of sulfonamides is 1. The molecule has 10 heteroatoms. The van der Waals surface area contributed by atoms with Crippen LogP contribution in [0.15, 0.2) is 38.3 Å². The fourth-order valence-corrected chi connectivity index (χ4v) is 7.88. The van der Waals surface area contributed by atoms with Crippen LogP contribution in [0.4, 0.5) is 5.13 Å². The maximum absolute atomic E-state index is 12.9. The van der Waals surface area contributed by atoms with Gasteiger partial charge >= 0.3 is 0 Å². The first-order valence-electron chi connectivity index (χ1n) is 8.30. The largest absolute Gasteiger partial charge is 0.301 e. The third-order valence-corrected chi connectivity index (χ3v) is 9.32. The van der Waals surface area contributed by atoms with Gasteiger partial charge in [-0.05, 0) is 65.5 Å². The molecule has 2 aromatic heterocycles. The van der Waals surface area contributed by atoms with Crippen LogP contribution in [-0.2, 0) is 14.8 Å². The lowest BCUT2D eigenvalue weighted by atomic mass is 10.2. The third kappa shape index (κ3) is 3.68. The highest BCUT2D eigenvalue weighted by Gasteiger charge is 2.40. The van der Waals surface area contributed by atoms with Gasteiger partial charge < -0.3 is 5.32 Å². The Bertz CT molecular complexity index is 1120. The van der Waals surface area contributed by atoms with Gasteiger partial charge in [-0.15, -0.1) is 11.3 Å². The first kappa shape index (κ1) is 19.0. The number of thiophene rings is 1. The smallest absolute Gasteiger partial charge is 0.253 e. The summed E-state index contributed by atoms with van der Waals surface area (Å²) in [6.07, 6.45) is 1.16. The topological polar surface area (TPSA) is 79.4 Å². The second-order valence-electron chi connectivity index (χ2n) is 6.31. The van der Waals surface area contributed by atoms with Crippen LogP contribution < -0.4 is 5.32 Å². The average molecular weight is 486 g/mol. The second-order valence-corrected chi connectivity index (χ2v) is 11.9. The predicted octanol–water partition coefficient (Wildman–Crippen LogP) is 4.22. The SMILES string of the molecule is Cc1ccc2nc(NC(=O)C3CCCN3S(=O)(=O)c3ccc(Br)s3)sc2c1. The summed E-state index contributed by atoms with van der Waals surface area (Å²) in [4.78, 5) is 17.2. The maximum Gasteiger partial charge on any atom is 0.253 e. The van der Waals surface area contributed by atoms with Crippen molar-refractivity contribution >= 4 is 69.9 Å². The van der Waals surface area contributed by atoms with Crippen molar-refractivity contribution in [3.63, 3.8) is 0 Å². The van der Waals surface area contributed by atoms with Gasteiger partial charge in [0.25, 0.3) is 10.0 Å². The number of aromatic nitrogens is 1. The van der Waals surface area contributed by atoms with Crippen LogP contribution in [-0.4, -0.2) is 36.2 Å². The number of carbonyl (C=O) groups excluding carboxylic acids is 1. The molecule has 1 aliphatic rings. The standard InChI is InChI=1S/C17H16BrN3O3S3/c1-10-4-5-11-13(9-10)25-17(19-11)20-16(22)12-3-2-8-21(12)27(23,24)15-7-6-14(18)26-15/h4-7,9,12H,2-3,8H2,1H3,(H,19,20,22).